The van der Waals surface area contributed by atoms with Crippen LogP contribution in [0.5, 0.6) is 17.2 Å². The summed E-state index contributed by atoms with van der Waals surface area (Å²) in [5.74, 6) is 1.78. The lowest BCUT2D eigenvalue weighted by atomic mass is 10.0. The number of nitrogens with two attached hydrogens (primary N) is 1. The van der Waals surface area contributed by atoms with Gasteiger partial charge in [-0.2, -0.15) is 0 Å². The molecule has 1 saturated carbocycles. The zero-order chi connectivity index (χ0) is 11.7. The SMILES string of the molecule is COc1cc(O)c([C@@H](N)C2CC2)c(OC)c1. The quantitative estimate of drug-likeness (QED) is 0.817. The van der Waals surface area contributed by atoms with Crippen LogP contribution in [-0.2, 0) is 0 Å². The molecular weight excluding hydrogens is 206 g/mol. The van der Waals surface area contributed by atoms with Crippen LogP contribution in [-0.4, -0.2) is 19.3 Å². The molecule has 0 bridgehead atoms. The van der Waals surface area contributed by atoms with E-state index in [1.807, 2.05) is 0 Å². The molecule has 1 aromatic carbocycles. The number of phenols is 1. The molecule has 0 unspecified atom stereocenters. The monoisotopic (exact) mass is 223 g/mol. The van der Waals surface area contributed by atoms with Gasteiger partial charge < -0.3 is 20.3 Å². The number of aromatic hydroxyl groups is 1. The second kappa shape index (κ2) is 4.22. The third-order valence-electron chi connectivity index (χ3n) is 3.01. The van der Waals surface area contributed by atoms with Gasteiger partial charge in [0.1, 0.15) is 17.2 Å². The van der Waals surface area contributed by atoms with E-state index in [0.717, 1.165) is 12.8 Å². The van der Waals surface area contributed by atoms with Crippen LogP contribution in [0.2, 0.25) is 0 Å². The van der Waals surface area contributed by atoms with Crippen molar-refractivity contribution in [1.82, 2.24) is 0 Å². The first-order valence-electron chi connectivity index (χ1n) is 5.37. The molecule has 0 heterocycles. The van der Waals surface area contributed by atoms with Crippen LogP contribution >= 0.6 is 0 Å². The van der Waals surface area contributed by atoms with Crippen LogP contribution in [0, 0.1) is 5.92 Å². The van der Waals surface area contributed by atoms with E-state index in [9.17, 15) is 5.11 Å². The predicted octanol–water partition coefficient (Wildman–Crippen LogP) is 1.82. The van der Waals surface area contributed by atoms with E-state index in [4.69, 9.17) is 15.2 Å². The third kappa shape index (κ3) is 1.93. The Labute approximate surface area is 95.0 Å². The molecule has 4 heteroatoms. The standard InChI is InChI=1S/C12H17NO3/c1-15-8-5-9(14)11(10(6-8)16-2)12(13)7-3-4-7/h5-7,12,14H,3-4,13H2,1-2H3/t12-/m0/s1. The molecule has 0 aliphatic heterocycles. The highest BCUT2D eigenvalue weighted by molar-refractivity contribution is 5.52. The Kier molecular flexibility index (Phi) is 2.92. The largest absolute Gasteiger partial charge is 0.507 e. The number of ether oxygens (including phenoxy) is 2. The molecule has 3 N–H and O–H groups in total. The van der Waals surface area contributed by atoms with Crippen LogP contribution in [0.15, 0.2) is 12.1 Å². The average Bonchev–Trinajstić information content (AvgIpc) is 3.10. The fourth-order valence-electron chi connectivity index (χ4n) is 1.90. The molecule has 4 nitrogen and oxygen atoms in total. The van der Waals surface area contributed by atoms with Crippen molar-refractivity contribution in [2.75, 3.05) is 14.2 Å². The minimum Gasteiger partial charge on any atom is -0.507 e. The molecule has 0 saturated heterocycles. The van der Waals surface area contributed by atoms with Gasteiger partial charge in [-0.25, -0.2) is 0 Å². The predicted molar refractivity (Wildman–Crippen MR) is 60.9 cm³/mol. The van der Waals surface area contributed by atoms with E-state index in [1.54, 1.807) is 26.4 Å². The van der Waals surface area contributed by atoms with Crippen molar-refractivity contribution in [1.29, 1.82) is 0 Å². The normalized spacial score (nSPS) is 16.9. The van der Waals surface area contributed by atoms with Crippen molar-refractivity contribution < 1.29 is 14.6 Å². The molecule has 1 fully saturated rings. The molecule has 0 aromatic heterocycles. The highest BCUT2D eigenvalue weighted by atomic mass is 16.5. The maximum absolute atomic E-state index is 9.94. The zero-order valence-corrected chi connectivity index (χ0v) is 9.56. The Morgan fingerprint density at radius 3 is 2.50 bits per heavy atom. The van der Waals surface area contributed by atoms with Crippen molar-refractivity contribution in [3.63, 3.8) is 0 Å². The topological polar surface area (TPSA) is 64.7 Å². The zero-order valence-electron chi connectivity index (χ0n) is 9.56. The maximum Gasteiger partial charge on any atom is 0.131 e. The van der Waals surface area contributed by atoms with Gasteiger partial charge >= 0.3 is 0 Å². The summed E-state index contributed by atoms with van der Waals surface area (Å²) in [7, 11) is 3.12. The van der Waals surface area contributed by atoms with Crippen LogP contribution in [0.3, 0.4) is 0 Å². The van der Waals surface area contributed by atoms with Gasteiger partial charge in [0.25, 0.3) is 0 Å². The lowest BCUT2D eigenvalue weighted by molar-refractivity contribution is 0.372. The molecule has 1 atom stereocenters. The first-order chi connectivity index (χ1) is 7.67. The number of methoxy groups -OCH3 is 2. The van der Waals surface area contributed by atoms with Crippen molar-refractivity contribution in [3.05, 3.63) is 17.7 Å². The number of rotatable bonds is 4. The van der Waals surface area contributed by atoms with E-state index in [1.165, 1.54) is 0 Å². The summed E-state index contributed by atoms with van der Waals surface area (Å²) in [6.45, 7) is 0. The second-order valence-corrected chi connectivity index (χ2v) is 4.13. The van der Waals surface area contributed by atoms with E-state index >= 15 is 0 Å². The van der Waals surface area contributed by atoms with Gasteiger partial charge in [0.15, 0.2) is 0 Å². The summed E-state index contributed by atoms with van der Waals surface area (Å²) in [6.07, 6.45) is 2.24. The van der Waals surface area contributed by atoms with Crippen molar-refractivity contribution in [3.8, 4) is 17.2 Å². The summed E-state index contributed by atoms with van der Waals surface area (Å²) in [4.78, 5) is 0. The first kappa shape index (κ1) is 11.1. The second-order valence-electron chi connectivity index (χ2n) is 4.13. The lowest BCUT2D eigenvalue weighted by Gasteiger charge is -2.17. The average molecular weight is 223 g/mol. The van der Waals surface area contributed by atoms with Gasteiger partial charge in [-0.15, -0.1) is 0 Å². The molecule has 88 valence electrons. The Bertz CT molecular complexity index is 388. The van der Waals surface area contributed by atoms with Crippen LogP contribution in [0.4, 0.5) is 0 Å². The van der Waals surface area contributed by atoms with E-state index in [-0.39, 0.29) is 11.8 Å². The summed E-state index contributed by atoms with van der Waals surface area (Å²) in [5.41, 5.74) is 6.77. The smallest absolute Gasteiger partial charge is 0.131 e. The van der Waals surface area contributed by atoms with Gasteiger partial charge in [-0.1, -0.05) is 0 Å². The summed E-state index contributed by atoms with van der Waals surface area (Å²) in [5, 5.41) is 9.94. The third-order valence-corrected chi connectivity index (χ3v) is 3.01. The minimum absolute atomic E-state index is 0.149. The first-order valence-corrected chi connectivity index (χ1v) is 5.37. The van der Waals surface area contributed by atoms with Crippen LogP contribution in [0.1, 0.15) is 24.4 Å². The van der Waals surface area contributed by atoms with Gasteiger partial charge in [0.2, 0.25) is 0 Å². The van der Waals surface area contributed by atoms with Crippen molar-refractivity contribution >= 4 is 0 Å². The number of hydrogen-bond acceptors (Lipinski definition) is 4. The summed E-state index contributed by atoms with van der Waals surface area (Å²) in [6, 6.07) is 3.16. The molecule has 0 spiro atoms. The van der Waals surface area contributed by atoms with E-state index in [2.05, 4.69) is 0 Å². The fraction of sp³-hybridized carbons (Fsp3) is 0.500. The Balaban J connectivity index is 2.41. The summed E-state index contributed by atoms with van der Waals surface area (Å²) < 4.78 is 10.3. The molecule has 2 rings (SSSR count). The molecule has 0 radical (unpaired) electrons. The molecule has 1 aliphatic carbocycles. The number of hydrogen-bond donors (Lipinski definition) is 2. The highest BCUT2D eigenvalue weighted by Crippen LogP contribution is 2.46. The molecular formula is C12H17NO3. The van der Waals surface area contributed by atoms with E-state index < -0.39 is 0 Å². The van der Waals surface area contributed by atoms with Crippen molar-refractivity contribution in [2.24, 2.45) is 11.7 Å². The Hall–Kier alpha value is -1.42. The summed E-state index contributed by atoms with van der Waals surface area (Å²) >= 11 is 0. The highest BCUT2D eigenvalue weighted by Gasteiger charge is 2.33. The molecule has 1 aromatic rings. The van der Waals surface area contributed by atoms with E-state index in [0.29, 0.717) is 23.0 Å². The van der Waals surface area contributed by atoms with Crippen molar-refractivity contribution in [2.45, 2.75) is 18.9 Å². The Morgan fingerprint density at radius 2 is 2.00 bits per heavy atom. The lowest BCUT2D eigenvalue weighted by Crippen LogP contribution is -2.14. The fourth-order valence-corrected chi connectivity index (χ4v) is 1.90. The molecule has 0 amide bonds. The molecule has 1 aliphatic rings. The van der Waals surface area contributed by atoms with Gasteiger partial charge in [-0.3, -0.25) is 0 Å². The van der Waals surface area contributed by atoms with Gasteiger partial charge in [-0.05, 0) is 18.8 Å². The van der Waals surface area contributed by atoms with Gasteiger partial charge in [0.05, 0.1) is 19.8 Å². The number of benzene rings is 1. The van der Waals surface area contributed by atoms with Crippen LogP contribution in [0.25, 0.3) is 0 Å². The number of phenolic OH excluding ortho intramolecular Hbond substituents is 1. The maximum atomic E-state index is 9.94. The van der Waals surface area contributed by atoms with Crippen LogP contribution < -0.4 is 15.2 Å². The molecule has 16 heavy (non-hydrogen) atoms. The van der Waals surface area contributed by atoms with Gasteiger partial charge in [0, 0.05) is 18.2 Å². The minimum atomic E-state index is -0.152. The Morgan fingerprint density at radius 1 is 1.31 bits per heavy atom.